The molecule has 1 N–H and O–H groups in total. The molecule has 5 heterocycles. The minimum Gasteiger partial charge on any atom is -0.488 e. The van der Waals surface area contributed by atoms with Crippen LogP contribution in [-0.4, -0.2) is 60.6 Å². The van der Waals surface area contributed by atoms with Gasteiger partial charge >= 0.3 is 0 Å². The summed E-state index contributed by atoms with van der Waals surface area (Å²) in [5.41, 5.74) is 2.38. The summed E-state index contributed by atoms with van der Waals surface area (Å²) in [6.07, 6.45) is 5.39. The molecule has 9 nitrogen and oxygen atoms in total. The Morgan fingerprint density at radius 2 is 2.00 bits per heavy atom. The molecule has 5 rings (SSSR count). The molecule has 2 aliphatic rings. The second kappa shape index (κ2) is 9.54. The summed E-state index contributed by atoms with van der Waals surface area (Å²) in [7, 11) is 1.59. The first-order chi connectivity index (χ1) is 15.8. The fraction of sp³-hybridized carbons (Fsp3) is 0.435. The highest BCUT2D eigenvalue weighted by Gasteiger charge is 2.23. The quantitative estimate of drug-likeness (QED) is 0.597. The number of nitrogens with one attached hydrogen (secondary N) is 1. The van der Waals surface area contributed by atoms with Crippen LogP contribution in [0.2, 0.25) is 0 Å². The van der Waals surface area contributed by atoms with Gasteiger partial charge in [0.05, 0.1) is 37.2 Å². The molecule has 0 saturated carbocycles. The average molecular weight is 438 g/mol. The van der Waals surface area contributed by atoms with Gasteiger partial charge < -0.3 is 29.0 Å². The van der Waals surface area contributed by atoms with Gasteiger partial charge in [-0.15, -0.1) is 0 Å². The Morgan fingerprint density at radius 1 is 1.09 bits per heavy atom. The van der Waals surface area contributed by atoms with Crippen molar-refractivity contribution in [3.05, 3.63) is 42.4 Å². The standard InChI is InChI=1S/C23H26N4O5/c1-28-22-5-4-18-23(27-22)19(6-7-24-18)32-14-17-3-2-15(13-31-17)25-11-16-10-20-21(12-26-16)30-9-8-29-20/h4-7,10,12,15,17,25H,2-3,8-9,11,13-14H2,1H3/t15-,17+/m1/s1. The van der Waals surface area contributed by atoms with E-state index in [-0.39, 0.29) is 12.1 Å². The van der Waals surface area contributed by atoms with Crippen molar-refractivity contribution in [2.45, 2.75) is 31.5 Å². The molecule has 0 radical (unpaired) electrons. The van der Waals surface area contributed by atoms with E-state index in [2.05, 4.69) is 20.3 Å². The molecule has 9 heteroatoms. The first kappa shape index (κ1) is 20.7. The summed E-state index contributed by atoms with van der Waals surface area (Å²) in [4.78, 5) is 13.2. The number of methoxy groups -OCH3 is 1. The molecular weight excluding hydrogens is 412 g/mol. The van der Waals surface area contributed by atoms with E-state index in [0.29, 0.717) is 55.9 Å². The first-order valence-corrected chi connectivity index (χ1v) is 10.8. The fourth-order valence-corrected chi connectivity index (χ4v) is 3.83. The maximum atomic E-state index is 6.04. The highest BCUT2D eigenvalue weighted by molar-refractivity contribution is 5.81. The van der Waals surface area contributed by atoms with E-state index < -0.39 is 0 Å². The lowest BCUT2D eigenvalue weighted by Crippen LogP contribution is -2.41. The van der Waals surface area contributed by atoms with Crippen LogP contribution in [0.1, 0.15) is 18.5 Å². The predicted octanol–water partition coefficient (Wildman–Crippen LogP) is 2.52. The molecule has 0 unspecified atom stereocenters. The minimum atomic E-state index is 0.0364. The van der Waals surface area contributed by atoms with E-state index in [1.807, 2.05) is 18.2 Å². The van der Waals surface area contributed by atoms with Crippen LogP contribution < -0.4 is 24.3 Å². The van der Waals surface area contributed by atoms with Crippen molar-refractivity contribution in [3.8, 4) is 23.1 Å². The van der Waals surface area contributed by atoms with Crippen LogP contribution in [-0.2, 0) is 11.3 Å². The molecule has 2 atom stereocenters. The Morgan fingerprint density at radius 3 is 2.84 bits per heavy atom. The summed E-state index contributed by atoms with van der Waals surface area (Å²) in [5, 5.41) is 3.52. The monoisotopic (exact) mass is 438 g/mol. The van der Waals surface area contributed by atoms with E-state index in [1.165, 1.54) is 0 Å². The zero-order valence-electron chi connectivity index (χ0n) is 18.0. The van der Waals surface area contributed by atoms with E-state index >= 15 is 0 Å². The molecule has 0 aliphatic carbocycles. The van der Waals surface area contributed by atoms with Gasteiger partial charge in [-0.25, -0.2) is 4.98 Å². The third kappa shape index (κ3) is 4.68. The second-order valence-electron chi connectivity index (χ2n) is 7.77. The van der Waals surface area contributed by atoms with Crippen molar-refractivity contribution in [2.75, 3.05) is 33.5 Å². The maximum absolute atomic E-state index is 6.04. The van der Waals surface area contributed by atoms with Gasteiger partial charge in [0.15, 0.2) is 11.5 Å². The number of fused-ring (bicyclic) bond motifs is 2. The van der Waals surface area contributed by atoms with Gasteiger partial charge in [-0.2, -0.15) is 0 Å². The normalized spacial score (nSPS) is 20.2. The largest absolute Gasteiger partial charge is 0.488 e. The van der Waals surface area contributed by atoms with Gasteiger partial charge in [0.2, 0.25) is 5.88 Å². The van der Waals surface area contributed by atoms with Crippen LogP contribution >= 0.6 is 0 Å². The molecule has 0 aromatic carbocycles. The lowest BCUT2D eigenvalue weighted by molar-refractivity contribution is -0.0262. The number of hydrogen-bond donors (Lipinski definition) is 1. The Bertz CT molecular complexity index is 1070. The van der Waals surface area contributed by atoms with Crippen molar-refractivity contribution in [1.29, 1.82) is 0 Å². The number of rotatable bonds is 7. The smallest absolute Gasteiger partial charge is 0.213 e. The van der Waals surface area contributed by atoms with Crippen molar-refractivity contribution in [2.24, 2.45) is 0 Å². The van der Waals surface area contributed by atoms with Gasteiger partial charge in [0, 0.05) is 37.0 Å². The van der Waals surface area contributed by atoms with Crippen molar-refractivity contribution >= 4 is 11.0 Å². The summed E-state index contributed by atoms with van der Waals surface area (Å²) in [6.45, 7) is 2.89. The van der Waals surface area contributed by atoms with E-state index in [4.69, 9.17) is 23.7 Å². The zero-order chi connectivity index (χ0) is 21.8. The number of pyridine rings is 3. The van der Waals surface area contributed by atoms with Crippen LogP contribution in [0.3, 0.4) is 0 Å². The van der Waals surface area contributed by atoms with Crippen molar-refractivity contribution in [1.82, 2.24) is 20.3 Å². The third-order valence-electron chi connectivity index (χ3n) is 5.58. The second-order valence-corrected chi connectivity index (χ2v) is 7.77. The molecule has 32 heavy (non-hydrogen) atoms. The SMILES string of the molecule is COc1ccc2nccc(OC[C@@H]3CC[C@@H](NCc4cc5c(cn4)OCCO5)CO3)c2n1. The third-order valence-corrected chi connectivity index (χ3v) is 5.58. The van der Waals surface area contributed by atoms with Gasteiger partial charge in [-0.1, -0.05) is 0 Å². The van der Waals surface area contributed by atoms with Crippen LogP contribution in [0.5, 0.6) is 23.1 Å². The van der Waals surface area contributed by atoms with Gasteiger partial charge in [-0.3, -0.25) is 9.97 Å². The minimum absolute atomic E-state index is 0.0364. The Kier molecular flexibility index (Phi) is 6.17. The van der Waals surface area contributed by atoms with E-state index in [0.717, 1.165) is 29.8 Å². The Hall–Kier alpha value is -3.17. The molecule has 1 saturated heterocycles. The molecule has 0 bridgehead atoms. The lowest BCUT2D eigenvalue weighted by Gasteiger charge is -2.29. The predicted molar refractivity (Wildman–Crippen MR) is 116 cm³/mol. The molecule has 2 aliphatic heterocycles. The topological polar surface area (TPSA) is 96.9 Å². The Labute approximate surface area is 186 Å². The fourth-order valence-electron chi connectivity index (χ4n) is 3.83. The lowest BCUT2D eigenvalue weighted by atomic mass is 10.1. The molecule has 168 valence electrons. The summed E-state index contributed by atoms with van der Waals surface area (Å²) < 4.78 is 28.4. The molecule has 0 spiro atoms. The summed E-state index contributed by atoms with van der Waals surface area (Å²) in [6, 6.07) is 7.69. The molecule has 3 aromatic rings. The summed E-state index contributed by atoms with van der Waals surface area (Å²) in [5.74, 6) is 2.68. The number of ether oxygens (including phenoxy) is 5. The number of nitrogens with zero attached hydrogens (tertiary/aromatic N) is 3. The molecule has 1 fully saturated rings. The van der Waals surface area contributed by atoms with Crippen molar-refractivity contribution < 1.29 is 23.7 Å². The summed E-state index contributed by atoms with van der Waals surface area (Å²) >= 11 is 0. The molecule has 0 amide bonds. The van der Waals surface area contributed by atoms with E-state index in [1.54, 1.807) is 25.6 Å². The maximum Gasteiger partial charge on any atom is 0.213 e. The molecule has 3 aromatic heterocycles. The first-order valence-electron chi connectivity index (χ1n) is 10.8. The van der Waals surface area contributed by atoms with Crippen LogP contribution in [0.15, 0.2) is 36.7 Å². The highest BCUT2D eigenvalue weighted by atomic mass is 16.6. The van der Waals surface area contributed by atoms with Crippen LogP contribution in [0, 0.1) is 0 Å². The van der Waals surface area contributed by atoms with Gasteiger partial charge in [-0.05, 0) is 18.9 Å². The average Bonchev–Trinajstić information content (AvgIpc) is 2.86. The van der Waals surface area contributed by atoms with Crippen LogP contribution in [0.4, 0.5) is 0 Å². The van der Waals surface area contributed by atoms with Gasteiger partial charge in [0.1, 0.15) is 31.1 Å². The van der Waals surface area contributed by atoms with E-state index in [9.17, 15) is 0 Å². The number of hydrogen-bond acceptors (Lipinski definition) is 9. The zero-order valence-corrected chi connectivity index (χ0v) is 18.0. The van der Waals surface area contributed by atoms with Crippen LogP contribution in [0.25, 0.3) is 11.0 Å². The Balaban J connectivity index is 1.10. The van der Waals surface area contributed by atoms with Gasteiger partial charge in [0.25, 0.3) is 0 Å². The molecular formula is C23H26N4O5. The van der Waals surface area contributed by atoms with Crippen molar-refractivity contribution in [3.63, 3.8) is 0 Å². The highest BCUT2D eigenvalue weighted by Crippen LogP contribution is 2.29. The number of aromatic nitrogens is 3.